The zero-order chi connectivity index (χ0) is 21.6. The Morgan fingerprint density at radius 2 is 2.00 bits per heavy atom. The van der Waals surface area contributed by atoms with Gasteiger partial charge in [0.15, 0.2) is 0 Å². The van der Waals surface area contributed by atoms with Gasteiger partial charge in [-0.1, -0.05) is 23.7 Å². The predicted octanol–water partition coefficient (Wildman–Crippen LogP) is 5.41. The lowest BCUT2D eigenvalue weighted by atomic mass is 9.65. The minimum absolute atomic E-state index is 0.0936. The van der Waals surface area contributed by atoms with E-state index in [4.69, 9.17) is 16.6 Å². The highest BCUT2D eigenvalue weighted by Crippen LogP contribution is 2.50. The first kappa shape index (κ1) is 21.4. The standard InChI is InChI=1S/C25H31ClN2O2S/c1-31(30)22-14-19-4-3-18-13-17(16-5-8-20(26)9-6-16)7-10-21(18)23(19)27-24(22)28-25(15-29)11-2-12-25/h5-6,8-9,14,17-18,21,29H,2-4,7,10-13,15H2,1H3,(H,27,28)/t17?,18?,21?,31-/m1/s1. The number of hydrogen-bond acceptors (Lipinski definition) is 4. The van der Waals surface area contributed by atoms with Crippen molar-refractivity contribution < 1.29 is 9.32 Å². The number of aromatic nitrogens is 1. The van der Waals surface area contributed by atoms with Gasteiger partial charge >= 0.3 is 0 Å². The van der Waals surface area contributed by atoms with Gasteiger partial charge < -0.3 is 10.4 Å². The average molecular weight is 459 g/mol. The molecule has 1 heterocycles. The molecule has 0 saturated heterocycles. The Bertz CT molecular complexity index is 984. The van der Waals surface area contributed by atoms with Crippen LogP contribution >= 0.6 is 11.6 Å². The van der Waals surface area contributed by atoms with Crippen molar-refractivity contribution in [3.05, 3.63) is 52.2 Å². The number of pyridine rings is 1. The Hall–Kier alpha value is -1.43. The molecule has 5 rings (SSSR count). The van der Waals surface area contributed by atoms with Crippen LogP contribution in [0.2, 0.25) is 5.02 Å². The molecular formula is C25H31ClN2O2S. The first-order valence-electron chi connectivity index (χ1n) is 11.5. The minimum Gasteiger partial charge on any atom is -0.394 e. The van der Waals surface area contributed by atoms with E-state index >= 15 is 0 Å². The van der Waals surface area contributed by atoms with Gasteiger partial charge in [0.25, 0.3) is 0 Å². The van der Waals surface area contributed by atoms with E-state index in [-0.39, 0.29) is 12.1 Å². The van der Waals surface area contributed by atoms with Gasteiger partial charge in [-0.3, -0.25) is 4.21 Å². The van der Waals surface area contributed by atoms with Crippen LogP contribution < -0.4 is 5.32 Å². The van der Waals surface area contributed by atoms with Crippen molar-refractivity contribution in [2.24, 2.45) is 5.92 Å². The van der Waals surface area contributed by atoms with Crippen LogP contribution in [0.3, 0.4) is 0 Å². The number of nitrogens with one attached hydrogen (secondary N) is 1. The molecule has 2 N–H and O–H groups in total. The molecule has 1 aromatic heterocycles. The molecule has 4 nitrogen and oxygen atoms in total. The Balaban J connectivity index is 1.42. The van der Waals surface area contributed by atoms with E-state index in [2.05, 4.69) is 23.5 Å². The lowest BCUT2D eigenvalue weighted by Gasteiger charge is -2.43. The van der Waals surface area contributed by atoms with E-state index in [1.807, 2.05) is 12.1 Å². The predicted molar refractivity (Wildman–Crippen MR) is 126 cm³/mol. The topological polar surface area (TPSA) is 62.2 Å². The highest BCUT2D eigenvalue weighted by Gasteiger charge is 2.40. The molecule has 3 aliphatic rings. The maximum absolute atomic E-state index is 12.5. The summed E-state index contributed by atoms with van der Waals surface area (Å²) in [7, 11) is -1.11. The normalized spacial score (nSPS) is 27.5. The molecule has 0 radical (unpaired) electrons. The number of rotatable bonds is 5. The molecule has 0 spiro atoms. The van der Waals surface area contributed by atoms with Crippen LogP contribution in [-0.2, 0) is 17.2 Å². The van der Waals surface area contributed by atoms with Crippen LogP contribution in [0.5, 0.6) is 0 Å². The Kier molecular flexibility index (Phi) is 5.87. The second-order valence-corrected chi connectivity index (χ2v) is 11.5. The van der Waals surface area contributed by atoms with E-state index in [1.54, 1.807) is 6.26 Å². The number of nitrogens with zero attached hydrogens (tertiary/aromatic N) is 1. The van der Waals surface area contributed by atoms with Crippen LogP contribution in [0.4, 0.5) is 5.82 Å². The van der Waals surface area contributed by atoms with Crippen LogP contribution in [0.25, 0.3) is 0 Å². The maximum atomic E-state index is 12.5. The van der Waals surface area contributed by atoms with Gasteiger partial charge in [0, 0.05) is 22.9 Å². The van der Waals surface area contributed by atoms with Crippen molar-refractivity contribution >= 4 is 28.2 Å². The molecule has 1 aromatic carbocycles. The Morgan fingerprint density at radius 1 is 1.23 bits per heavy atom. The lowest BCUT2D eigenvalue weighted by molar-refractivity contribution is 0.143. The average Bonchev–Trinajstić information content (AvgIpc) is 2.75. The van der Waals surface area contributed by atoms with E-state index in [1.165, 1.54) is 29.7 Å². The van der Waals surface area contributed by atoms with Crippen LogP contribution in [0.1, 0.15) is 73.6 Å². The number of halogens is 1. The second-order valence-electron chi connectivity index (χ2n) is 9.72. The quantitative estimate of drug-likeness (QED) is 0.628. The van der Waals surface area contributed by atoms with Crippen LogP contribution in [0, 0.1) is 5.92 Å². The number of hydrogen-bond donors (Lipinski definition) is 2. The highest BCUT2D eigenvalue weighted by molar-refractivity contribution is 7.84. The molecule has 2 saturated carbocycles. The van der Waals surface area contributed by atoms with E-state index in [9.17, 15) is 9.32 Å². The summed E-state index contributed by atoms with van der Waals surface area (Å²) in [6, 6.07) is 10.5. The van der Waals surface area contributed by atoms with Gasteiger partial charge in [0.05, 0.1) is 27.8 Å². The number of aliphatic hydroxyl groups is 1. The molecule has 4 atom stereocenters. The number of aryl methyl sites for hydroxylation is 1. The molecular weight excluding hydrogens is 428 g/mol. The largest absolute Gasteiger partial charge is 0.394 e. The van der Waals surface area contributed by atoms with Gasteiger partial charge in [-0.05, 0) is 92.5 Å². The first-order chi connectivity index (χ1) is 15.0. The molecule has 31 heavy (non-hydrogen) atoms. The smallest absolute Gasteiger partial charge is 0.143 e. The van der Waals surface area contributed by atoms with Crippen molar-refractivity contribution in [2.75, 3.05) is 18.2 Å². The minimum atomic E-state index is -1.11. The van der Waals surface area contributed by atoms with Crippen LogP contribution in [0.15, 0.2) is 35.2 Å². The van der Waals surface area contributed by atoms with E-state index in [0.29, 0.717) is 17.8 Å². The number of benzene rings is 1. The third-order valence-corrected chi connectivity index (χ3v) is 9.05. The molecule has 0 bridgehead atoms. The summed E-state index contributed by atoms with van der Waals surface area (Å²) in [5.41, 5.74) is 3.58. The summed E-state index contributed by atoms with van der Waals surface area (Å²) in [6.07, 6.45) is 10.4. The first-order valence-corrected chi connectivity index (χ1v) is 13.4. The molecule has 6 heteroatoms. The summed E-state index contributed by atoms with van der Waals surface area (Å²) in [4.78, 5) is 5.89. The molecule has 2 fully saturated rings. The SMILES string of the molecule is C[S@@](=O)c1cc2c(nc1NC1(CO)CCC1)C1CCC(c3ccc(Cl)cc3)CC1CC2. The summed E-state index contributed by atoms with van der Waals surface area (Å²) < 4.78 is 12.5. The lowest BCUT2D eigenvalue weighted by Crippen LogP contribution is -2.48. The number of aliphatic hydroxyl groups excluding tert-OH is 1. The van der Waals surface area contributed by atoms with Crippen molar-refractivity contribution in [1.29, 1.82) is 0 Å². The number of anilines is 1. The Morgan fingerprint density at radius 3 is 2.65 bits per heavy atom. The van der Waals surface area contributed by atoms with E-state index in [0.717, 1.165) is 54.3 Å². The van der Waals surface area contributed by atoms with Crippen molar-refractivity contribution in [1.82, 2.24) is 4.98 Å². The summed E-state index contributed by atoms with van der Waals surface area (Å²) in [6.45, 7) is 0.0936. The molecule has 2 aromatic rings. The Labute approximate surface area is 192 Å². The zero-order valence-corrected chi connectivity index (χ0v) is 19.6. The fourth-order valence-electron chi connectivity index (χ4n) is 5.88. The third-order valence-electron chi connectivity index (χ3n) is 7.87. The van der Waals surface area contributed by atoms with Crippen molar-refractivity contribution in [3.8, 4) is 0 Å². The monoisotopic (exact) mass is 458 g/mol. The van der Waals surface area contributed by atoms with Crippen LogP contribution in [-0.4, -0.2) is 32.7 Å². The second kappa shape index (κ2) is 8.49. The summed E-state index contributed by atoms with van der Waals surface area (Å²) >= 11 is 6.09. The van der Waals surface area contributed by atoms with Gasteiger partial charge in [0.2, 0.25) is 0 Å². The van der Waals surface area contributed by atoms with Crippen molar-refractivity contribution in [3.63, 3.8) is 0 Å². The molecule has 166 valence electrons. The van der Waals surface area contributed by atoms with Crippen molar-refractivity contribution in [2.45, 2.75) is 73.6 Å². The highest BCUT2D eigenvalue weighted by atomic mass is 35.5. The third kappa shape index (κ3) is 4.05. The van der Waals surface area contributed by atoms with Gasteiger partial charge in [-0.25, -0.2) is 4.98 Å². The molecule has 3 unspecified atom stereocenters. The van der Waals surface area contributed by atoms with Gasteiger partial charge in [0.1, 0.15) is 5.82 Å². The summed E-state index contributed by atoms with van der Waals surface area (Å²) in [5.74, 6) is 2.43. The van der Waals surface area contributed by atoms with Gasteiger partial charge in [-0.15, -0.1) is 0 Å². The van der Waals surface area contributed by atoms with Gasteiger partial charge in [-0.2, -0.15) is 0 Å². The fourth-order valence-corrected chi connectivity index (χ4v) is 6.68. The fraction of sp³-hybridized carbons (Fsp3) is 0.560. The van der Waals surface area contributed by atoms with E-state index < -0.39 is 10.8 Å². The maximum Gasteiger partial charge on any atom is 0.143 e. The summed E-state index contributed by atoms with van der Waals surface area (Å²) in [5, 5.41) is 14.2. The molecule has 0 aliphatic heterocycles. The molecule has 3 aliphatic carbocycles. The molecule has 0 amide bonds. The zero-order valence-electron chi connectivity index (χ0n) is 18.1. The number of fused-ring (bicyclic) bond motifs is 3.